The van der Waals surface area contributed by atoms with Crippen LogP contribution in [0.25, 0.3) is 6.08 Å². The van der Waals surface area contributed by atoms with Crippen LogP contribution in [0.4, 0.5) is 0 Å². The molecule has 0 amide bonds. The molecule has 0 radical (unpaired) electrons. The third-order valence-electron chi connectivity index (χ3n) is 4.81. The molecule has 0 atom stereocenters. The summed E-state index contributed by atoms with van der Waals surface area (Å²) in [5, 5.41) is 11.6. The smallest absolute Gasteiger partial charge is 0.349 e. The van der Waals surface area contributed by atoms with Gasteiger partial charge in [-0.15, -0.1) is 0 Å². The van der Waals surface area contributed by atoms with Gasteiger partial charge in [0.1, 0.15) is 23.0 Å². The molecule has 1 aliphatic heterocycles. The minimum Gasteiger partial charge on any atom is -0.466 e. The van der Waals surface area contributed by atoms with Crippen molar-refractivity contribution < 1.29 is 13.9 Å². The van der Waals surface area contributed by atoms with Gasteiger partial charge in [-0.2, -0.15) is 5.26 Å². The summed E-state index contributed by atoms with van der Waals surface area (Å²) in [5.41, 5.74) is 0.126. The average Bonchev–Trinajstić information content (AvgIpc) is 3.09. The lowest BCUT2D eigenvalue weighted by atomic mass is 9.91. The van der Waals surface area contributed by atoms with Crippen LogP contribution in [0.1, 0.15) is 26.0 Å². The standard InChI is InChI=1S/C22H23NO3Si/c1-22(2)14-16(19(15-23)21(24)26-22)10-11-17-12-13-20(25-17)27(3,4)18-8-6-5-7-9-18/h5-13H,14H2,1-4H3/b11-10+. The Kier molecular flexibility index (Phi) is 4.94. The van der Waals surface area contributed by atoms with Gasteiger partial charge in [-0.1, -0.05) is 54.7 Å². The normalized spacial score (nSPS) is 17.1. The summed E-state index contributed by atoms with van der Waals surface area (Å²) in [5.74, 6) is 0.147. The number of rotatable bonds is 4. The van der Waals surface area contributed by atoms with E-state index in [1.54, 1.807) is 6.08 Å². The first-order valence-corrected chi connectivity index (χ1v) is 11.9. The molecular formula is C22H23NO3Si. The van der Waals surface area contributed by atoms with Crippen molar-refractivity contribution in [2.45, 2.75) is 39.0 Å². The molecule has 1 aromatic carbocycles. The van der Waals surface area contributed by atoms with Gasteiger partial charge >= 0.3 is 5.97 Å². The van der Waals surface area contributed by atoms with Crippen LogP contribution in [0.5, 0.6) is 0 Å². The molecule has 1 aliphatic rings. The molecule has 0 unspecified atom stereocenters. The number of nitrogens with zero attached hydrogens (tertiary/aromatic N) is 1. The Labute approximate surface area is 160 Å². The second-order valence-electron chi connectivity index (χ2n) is 7.86. The summed E-state index contributed by atoms with van der Waals surface area (Å²) >= 11 is 0. The first-order valence-electron chi connectivity index (χ1n) is 8.93. The van der Waals surface area contributed by atoms with Gasteiger partial charge in [-0.3, -0.25) is 0 Å². The summed E-state index contributed by atoms with van der Waals surface area (Å²) in [7, 11) is -1.90. The van der Waals surface area contributed by atoms with Gasteiger partial charge in [-0.05, 0) is 37.6 Å². The van der Waals surface area contributed by atoms with E-state index in [1.807, 2.05) is 56.3 Å². The Hall–Kier alpha value is -2.84. The van der Waals surface area contributed by atoms with Gasteiger partial charge in [-0.25, -0.2) is 4.79 Å². The molecule has 27 heavy (non-hydrogen) atoms. The number of allylic oxidation sites excluding steroid dienone is 1. The summed E-state index contributed by atoms with van der Waals surface area (Å²) < 4.78 is 11.4. The van der Waals surface area contributed by atoms with E-state index in [-0.39, 0.29) is 5.57 Å². The van der Waals surface area contributed by atoms with Crippen molar-refractivity contribution in [1.29, 1.82) is 5.26 Å². The van der Waals surface area contributed by atoms with E-state index in [0.29, 0.717) is 17.8 Å². The molecule has 4 nitrogen and oxygen atoms in total. The minimum atomic E-state index is -1.90. The van der Waals surface area contributed by atoms with Gasteiger partial charge < -0.3 is 9.15 Å². The first kappa shape index (κ1) is 18.9. The molecule has 2 aromatic rings. The second-order valence-corrected chi connectivity index (χ2v) is 12.2. The number of carbonyl (C=O) groups is 1. The lowest BCUT2D eigenvalue weighted by Gasteiger charge is -2.30. The number of hydrogen-bond acceptors (Lipinski definition) is 4. The van der Waals surface area contributed by atoms with E-state index in [9.17, 15) is 10.1 Å². The molecular weight excluding hydrogens is 354 g/mol. The van der Waals surface area contributed by atoms with Crippen molar-refractivity contribution >= 4 is 30.7 Å². The van der Waals surface area contributed by atoms with E-state index in [1.165, 1.54) is 5.19 Å². The van der Waals surface area contributed by atoms with Crippen molar-refractivity contribution in [3.05, 3.63) is 65.4 Å². The highest BCUT2D eigenvalue weighted by molar-refractivity contribution is 6.99. The Balaban J connectivity index is 1.88. The van der Waals surface area contributed by atoms with Crippen LogP contribution < -0.4 is 10.6 Å². The Morgan fingerprint density at radius 3 is 2.48 bits per heavy atom. The number of furan rings is 1. The van der Waals surface area contributed by atoms with E-state index in [0.717, 1.165) is 5.38 Å². The van der Waals surface area contributed by atoms with E-state index in [2.05, 4.69) is 25.2 Å². The fourth-order valence-electron chi connectivity index (χ4n) is 3.23. The highest BCUT2D eigenvalue weighted by Gasteiger charge is 2.33. The third-order valence-corrected chi connectivity index (χ3v) is 8.09. The molecule has 0 spiro atoms. The molecule has 0 aliphatic carbocycles. The van der Waals surface area contributed by atoms with Gasteiger partial charge in [0.15, 0.2) is 8.07 Å². The summed E-state index contributed by atoms with van der Waals surface area (Å²) in [6, 6.07) is 16.3. The fraction of sp³-hybridized carbons (Fsp3) is 0.273. The molecule has 1 aromatic heterocycles. The SMILES string of the molecule is CC1(C)CC(/C=C/c2ccc([Si](C)(C)c3ccccc3)o2)=C(C#N)C(=O)O1. The van der Waals surface area contributed by atoms with Crippen molar-refractivity contribution in [2.24, 2.45) is 0 Å². The third kappa shape index (κ3) is 3.96. The van der Waals surface area contributed by atoms with Crippen LogP contribution >= 0.6 is 0 Å². The quantitative estimate of drug-likeness (QED) is 0.602. The van der Waals surface area contributed by atoms with Crippen LogP contribution in [0.15, 0.2) is 64.1 Å². The van der Waals surface area contributed by atoms with Gasteiger partial charge in [0, 0.05) is 6.42 Å². The number of benzene rings is 1. The van der Waals surface area contributed by atoms with Crippen molar-refractivity contribution in [1.82, 2.24) is 0 Å². The summed E-state index contributed by atoms with van der Waals surface area (Å²) in [6.07, 6.45) is 4.11. The number of ether oxygens (including phenoxy) is 1. The van der Waals surface area contributed by atoms with Crippen molar-refractivity contribution in [3.63, 3.8) is 0 Å². The van der Waals surface area contributed by atoms with E-state index >= 15 is 0 Å². The number of carbonyl (C=O) groups excluding carboxylic acids is 1. The zero-order valence-corrected chi connectivity index (χ0v) is 17.1. The predicted octanol–water partition coefficient (Wildman–Crippen LogP) is 3.66. The number of hydrogen-bond donors (Lipinski definition) is 0. The highest BCUT2D eigenvalue weighted by Crippen LogP contribution is 2.30. The van der Waals surface area contributed by atoms with E-state index < -0.39 is 19.6 Å². The number of nitriles is 1. The maximum atomic E-state index is 12.0. The highest BCUT2D eigenvalue weighted by atomic mass is 28.3. The van der Waals surface area contributed by atoms with Crippen LogP contribution in [-0.2, 0) is 9.53 Å². The lowest BCUT2D eigenvalue weighted by molar-refractivity contribution is -0.152. The number of esters is 1. The van der Waals surface area contributed by atoms with Gasteiger partial charge in [0.2, 0.25) is 0 Å². The van der Waals surface area contributed by atoms with Crippen LogP contribution in [0.3, 0.4) is 0 Å². The Morgan fingerprint density at radius 1 is 1.11 bits per heavy atom. The molecule has 2 heterocycles. The predicted molar refractivity (Wildman–Crippen MR) is 108 cm³/mol. The van der Waals surface area contributed by atoms with Gasteiger partial charge in [0.05, 0.1) is 5.38 Å². The lowest BCUT2D eigenvalue weighted by Crippen LogP contribution is -2.52. The largest absolute Gasteiger partial charge is 0.466 e. The molecule has 0 saturated carbocycles. The first-order chi connectivity index (χ1) is 12.7. The Bertz CT molecular complexity index is 959. The maximum absolute atomic E-state index is 12.0. The number of cyclic esters (lactones) is 1. The molecule has 5 heteroatoms. The molecule has 0 bridgehead atoms. The topological polar surface area (TPSA) is 63.2 Å². The zero-order chi connectivity index (χ0) is 19.7. The second kappa shape index (κ2) is 7.05. The van der Waals surface area contributed by atoms with Crippen LogP contribution in [0.2, 0.25) is 13.1 Å². The van der Waals surface area contributed by atoms with Gasteiger partial charge in [0.25, 0.3) is 0 Å². The average molecular weight is 378 g/mol. The van der Waals surface area contributed by atoms with Crippen molar-refractivity contribution in [2.75, 3.05) is 0 Å². The summed E-state index contributed by atoms with van der Waals surface area (Å²) in [4.78, 5) is 12.0. The minimum absolute atomic E-state index is 0.0661. The maximum Gasteiger partial charge on any atom is 0.349 e. The van der Waals surface area contributed by atoms with Crippen LogP contribution in [-0.4, -0.2) is 19.6 Å². The van der Waals surface area contributed by atoms with Crippen molar-refractivity contribution in [3.8, 4) is 6.07 Å². The molecule has 138 valence electrons. The molecule has 0 saturated heterocycles. The molecule has 0 N–H and O–H groups in total. The molecule has 0 fully saturated rings. The van der Waals surface area contributed by atoms with E-state index in [4.69, 9.17) is 9.15 Å². The zero-order valence-electron chi connectivity index (χ0n) is 16.1. The van der Waals surface area contributed by atoms with Crippen LogP contribution in [0, 0.1) is 11.3 Å². The molecule has 3 rings (SSSR count). The summed E-state index contributed by atoms with van der Waals surface area (Å²) in [6.45, 7) is 8.19. The monoisotopic (exact) mass is 377 g/mol. The fourth-order valence-corrected chi connectivity index (χ4v) is 5.42. The Morgan fingerprint density at radius 2 is 1.81 bits per heavy atom.